The Morgan fingerprint density at radius 3 is 2.71 bits per heavy atom. The first-order valence-corrected chi connectivity index (χ1v) is 5.71. The van der Waals surface area contributed by atoms with E-state index >= 15 is 0 Å². The SMILES string of the molecule is COCC(CO)NC(C)c1cccc(OC)c1. The number of hydrogen-bond acceptors (Lipinski definition) is 4. The van der Waals surface area contributed by atoms with Crippen molar-refractivity contribution in [1.82, 2.24) is 5.32 Å². The third-order valence-electron chi connectivity index (χ3n) is 2.67. The number of nitrogens with one attached hydrogen (secondary N) is 1. The molecule has 17 heavy (non-hydrogen) atoms. The molecule has 0 aromatic heterocycles. The van der Waals surface area contributed by atoms with E-state index in [9.17, 15) is 5.11 Å². The number of aliphatic hydroxyl groups is 1. The van der Waals surface area contributed by atoms with E-state index < -0.39 is 0 Å². The van der Waals surface area contributed by atoms with Crippen molar-refractivity contribution in [1.29, 1.82) is 0 Å². The molecule has 0 spiro atoms. The molecule has 2 unspecified atom stereocenters. The van der Waals surface area contributed by atoms with E-state index in [0.29, 0.717) is 6.61 Å². The van der Waals surface area contributed by atoms with Crippen molar-refractivity contribution in [3.05, 3.63) is 29.8 Å². The Hall–Kier alpha value is -1.10. The van der Waals surface area contributed by atoms with Crippen LogP contribution in [0.15, 0.2) is 24.3 Å². The summed E-state index contributed by atoms with van der Waals surface area (Å²) in [6.07, 6.45) is 0. The van der Waals surface area contributed by atoms with Gasteiger partial charge in [-0.2, -0.15) is 0 Å². The van der Waals surface area contributed by atoms with E-state index in [4.69, 9.17) is 9.47 Å². The molecule has 4 nitrogen and oxygen atoms in total. The molecule has 0 saturated carbocycles. The van der Waals surface area contributed by atoms with Crippen LogP contribution in [0.2, 0.25) is 0 Å². The number of ether oxygens (including phenoxy) is 2. The Kier molecular flexibility index (Phi) is 5.97. The van der Waals surface area contributed by atoms with Crippen LogP contribution in [0.3, 0.4) is 0 Å². The molecule has 0 amide bonds. The first kappa shape index (κ1) is 14.0. The average molecular weight is 239 g/mol. The Morgan fingerprint density at radius 2 is 2.12 bits per heavy atom. The highest BCUT2D eigenvalue weighted by Gasteiger charge is 2.12. The van der Waals surface area contributed by atoms with Crippen molar-refractivity contribution in [2.24, 2.45) is 0 Å². The molecule has 0 saturated heterocycles. The molecule has 0 fully saturated rings. The van der Waals surface area contributed by atoms with Gasteiger partial charge in [0.1, 0.15) is 5.75 Å². The Morgan fingerprint density at radius 1 is 1.35 bits per heavy atom. The number of rotatable bonds is 7. The monoisotopic (exact) mass is 239 g/mol. The second-order valence-electron chi connectivity index (χ2n) is 4.00. The second-order valence-corrected chi connectivity index (χ2v) is 4.00. The van der Waals surface area contributed by atoms with Crippen molar-refractivity contribution >= 4 is 0 Å². The molecule has 0 heterocycles. The minimum Gasteiger partial charge on any atom is -0.497 e. The summed E-state index contributed by atoms with van der Waals surface area (Å²) in [4.78, 5) is 0. The summed E-state index contributed by atoms with van der Waals surface area (Å²) in [7, 11) is 3.28. The average Bonchev–Trinajstić information content (AvgIpc) is 2.38. The molecule has 96 valence electrons. The lowest BCUT2D eigenvalue weighted by atomic mass is 10.1. The molecule has 1 aromatic carbocycles. The van der Waals surface area contributed by atoms with Crippen molar-refractivity contribution in [2.75, 3.05) is 27.4 Å². The van der Waals surface area contributed by atoms with Gasteiger partial charge >= 0.3 is 0 Å². The fraction of sp³-hybridized carbons (Fsp3) is 0.538. The summed E-state index contributed by atoms with van der Waals surface area (Å²) in [6.45, 7) is 2.60. The lowest BCUT2D eigenvalue weighted by molar-refractivity contribution is 0.123. The van der Waals surface area contributed by atoms with Crippen LogP contribution in [0.25, 0.3) is 0 Å². The van der Waals surface area contributed by atoms with Crippen LogP contribution in [-0.4, -0.2) is 38.6 Å². The zero-order valence-corrected chi connectivity index (χ0v) is 10.6. The first-order chi connectivity index (χ1) is 8.21. The van der Waals surface area contributed by atoms with Gasteiger partial charge in [0.15, 0.2) is 0 Å². The molecule has 0 aliphatic heterocycles. The summed E-state index contributed by atoms with van der Waals surface area (Å²) >= 11 is 0. The van der Waals surface area contributed by atoms with Gasteiger partial charge in [-0.3, -0.25) is 0 Å². The molecule has 1 rings (SSSR count). The maximum absolute atomic E-state index is 9.19. The third-order valence-corrected chi connectivity index (χ3v) is 2.67. The highest BCUT2D eigenvalue weighted by molar-refractivity contribution is 5.30. The second kappa shape index (κ2) is 7.27. The van der Waals surface area contributed by atoms with Gasteiger partial charge in [-0.15, -0.1) is 0 Å². The molecule has 2 N–H and O–H groups in total. The third kappa shape index (κ3) is 4.34. The van der Waals surface area contributed by atoms with Crippen LogP contribution in [0.5, 0.6) is 5.75 Å². The van der Waals surface area contributed by atoms with Gasteiger partial charge in [-0.05, 0) is 24.6 Å². The van der Waals surface area contributed by atoms with Gasteiger partial charge in [0.05, 0.1) is 26.4 Å². The van der Waals surface area contributed by atoms with Gasteiger partial charge in [0.2, 0.25) is 0 Å². The topological polar surface area (TPSA) is 50.7 Å². The lowest BCUT2D eigenvalue weighted by Crippen LogP contribution is -2.38. The van der Waals surface area contributed by atoms with Gasteiger partial charge in [0, 0.05) is 13.2 Å². The van der Waals surface area contributed by atoms with E-state index in [0.717, 1.165) is 11.3 Å². The summed E-state index contributed by atoms with van der Waals surface area (Å²) < 4.78 is 10.2. The number of hydrogen-bond donors (Lipinski definition) is 2. The van der Waals surface area contributed by atoms with Crippen molar-refractivity contribution in [3.8, 4) is 5.75 Å². The van der Waals surface area contributed by atoms with Crippen LogP contribution < -0.4 is 10.1 Å². The molecule has 4 heteroatoms. The fourth-order valence-electron chi connectivity index (χ4n) is 1.72. The van der Waals surface area contributed by atoms with Gasteiger partial charge in [-0.1, -0.05) is 12.1 Å². The summed E-state index contributed by atoms with van der Waals surface area (Å²) in [5.74, 6) is 0.837. The standard InChI is InChI=1S/C13H21NO3/c1-10(14-12(8-15)9-16-2)11-5-4-6-13(7-11)17-3/h4-7,10,12,14-15H,8-9H2,1-3H3. The van der Waals surface area contributed by atoms with Crippen molar-refractivity contribution in [3.63, 3.8) is 0 Å². The number of benzene rings is 1. The smallest absolute Gasteiger partial charge is 0.119 e. The van der Waals surface area contributed by atoms with E-state index in [-0.39, 0.29) is 18.7 Å². The van der Waals surface area contributed by atoms with Crippen molar-refractivity contribution < 1.29 is 14.6 Å². The normalized spacial score (nSPS) is 14.4. The minimum absolute atomic E-state index is 0.0544. The molecular weight excluding hydrogens is 218 g/mol. The summed E-state index contributed by atoms with van der Waals surface area (Å²) in [5.41, 5.74) is 1.12. The maximum atomic E-state index is 9.19. The molecule has 2 atom stereocenters. The van der Waals surface area contributed by atoms with Gasteiger partial charge in [-0.25, -0.2) is 0 Å². The Balaban J connectivity index is 2.64. The first-order valence-electron chi connectivity index (χ1n) is 5.71. The summed E-state index contributed by atoms with van der Waals surface area (Å²) in [5, 5.41) is 12.5. The summed E-state index contributed by atoms with van der Waals surface area (Å²) in [6, 6.07) is 7.96. The molecule has 0 radical (unpaired) electrons. The van der Waals surface area contributed by atoms with E-state index in [1.54, 1.807) is 14.2 Å². The highest BCUT2D eigenvalue weighted by Crippen LogP contribution is 2.19. The maximum Gasteiger partial charge on any atom is 0.119 e. The van der Waals surface area contributed by atoms with Crippen LogP contribution in [0.4, 0.5) is 0 Å². The lowest BCUT2D eigenvalue weighted by Gasteiger charge is -2.21. The number of methoxy groups -OCH3 is 2. The van der Waals surface area contributed by atoms with Crippen LogP contribution in [0.1, 0.15) is 18.5 Å². The van der Waals surface area contributed by atoms with Crippen molar-refractivity contribution in [2.45, 2.75) is 19.0 Å². The molecule has 0 bridgehead atoms. The predicted molar refractivity (Wildman–Crippen MR) is 67.3 cm³/mol. The van der Waals surface area contributed by atoms with Crippen LogP contribution >= 0.6 is 0 Å². The van der Waals surface area contributed by atoms with Crippen LogP contribution in [-0.2, 0) is 4.74 Å². The van der Waals surface area contributed by atoms with E-state index in [1.807, 2.05) is 31.2 Å². The molecule has 0 aliphatic rings. The zero-order valence-electron chi connectivity index (χ0n) is 10.6. The fourth-order valence-corrected chi connectivity index (χ4v) is 1.72. The highest BCUT2D eigenvalue weighted by atomic mass is 16.5. The molecular formula is C13H21NO3. The molecule has 0 aliphatic carbocycles. The Bertz CT molecular complexity index is 330. The molecule has 1 aromatic rings. The quantitative estimate of drug-likeness (QED) is 0.754. The Labute approximate surface area is 103 Å². The van der Waals surface area contributed by atoms with Crippen LogP contribution in [0, 0.1) is 0 Å². The van der Waals surface area contributed by atoms with E-state index in [1.165, 1.54) is 0 Å². The minimum atomic E-state index is -0.0544. The largest absolute Gasteiger partial charge is 0.497 e. The zero-order chi connectivity index (χ0) is 12.7. The van der Waals surface area contributed by atoms with Gasteiger partial charge in [0.25, 0.3) is 0 Å². The predicted octanol–water partition coefficient (Wildman–Crippen LogP) is 1.35. The number of aliphatic hydroxyl groups excluding tert-OH is 1. The van der Waals surface area contributed by atoms with Gasteiger partial charge < -0.3 is 19.9 Å². The van der Waals surface area contributed by atoms with E-state index in [2.05, 4.69) is 5.32 Å².